The molecule has 1 fully saturated rings. The maximum absolute atomic E-state index is 14.6. The first-order chi connectivity index (χ1) is 14.5. The smallest absolute Gasteiger partial charge is 0.150 e. The largest absolute Gasteiger partial charge is 0.354 e. The highest BCUT2D eigenvalue weighted by Crippen LogP contribution is 2.39. The van der Waals surface area contributed by atoms with E-state index < -0.39 is 0 Å². The first-order valence-corrected chi connectivity index (χ1v) is 10.8. The number of hydrogen-bond acceptors (Lipinski definition) is 3. The van der Waals surface area contributed by atoms with Crippen molar-refractivity contribution in [2.45, 2.75) is 51.9 Å². The molecule has 1 aliphatic heterocycles. The van der Waals surface area contributed by atoms with Crippen LogP contribution in [0.15, 0.2) is 30.5 Å². The van der Waals surface area contributed by atoms with Gasteiger partial charge in [0.25, 0.3) is 0 Å². The Labute approximate surface area is 177 Å². The second-order valence-corrected chi connectivity index (χ2v) is 8.70. The van der Waals surface area contributed by atoms with Gasteiger partial charge in [-0.05, 0) is 74.0 Å². The minimum atomic E-state index is -0.293. The lowest BCUT2D eigenvalue weighted by Gasteiger charge is -2.31. The Bertz CT molecular complexity index is 1080. The zero-order chi connectivity index (χ0) is 21.3. The highest BCUT2D eigenvalue weighted by Gasteiger charge is 2.23. The number of piperidine rings is 1. The van der Waals surface area contributed by atoms with Crippen molar-refractivity contribution in [3.8, 4) is 17.3 Å². The molecule has 1 saturated heterocycles. The predicted octanol–water partition coefficient (Wildman–Crippen LogP) is 5.89. The van der Waals surface area contributed by atoms with Crippen LogP contribution >= 0.6 is 0 Å². The lowest BCUT2D eigenvalue weighted by Crippen LogP contribution is -2.33. The molecular weight excluding hydrogens is 375 g/mol. The van der Waals surface area contributed by atoms with Crippen molar-refractivity contribution in [2.24, 2.45) is 0 Å². The third kappa shape index (κ3) is 3.97. The highest BCUT2D eigenvalue weighted by molar-refractivity contribution is 5.92. The molecule has 1 N–H and O–H groups in total. The molecule has 0 aliphatic carbocycles. The summed E-state index contributed by atoms with van der Waals surface area (Å²) in [5.74, 6) is 0.509. The van der Waals surface area contributed by atoms with E-state index in [1.165, 1.54) is 22.7 Å². The Morgan fingerprint density at radius 1 is 1.27 bits per heavy atom. The van der Waals surface area contributed by atoms with Crippen molar-refractivity contribution in [1.82, 2.24) is 14.9 Å². The molecule has 3 heterocycles. The number of aromatic nitrogens is 2. The summed E-state index contributed by atoms with van der Waals surface area (Å²) in [5, 5.41) is 10.0. The normalized spacial score (nSPS) is 15.7. The van der Waals surface area contributed by atoms with Crippen molar-refractivity contribution >= 4 is 10.9 Å². The quantitative estimate of drug-likeness (QED) is 0.576. The van der Waals surface area contributed by atoms with Crippen molar-refractivity contribution in [3.05, 3.63) is 53.1 Å². The van der Waals surface area contributed by atoms with E-state index in [1.54, 1.807) is 0 Å². The molecule has 4 nitrogen and oxygen atoms in total. The molecule has 3 aromatic rings. The molecule has 1 aliphatic rings. The molecule has 0 amide bonds. The Hall–Kier alpha value is -2.71. The first-order valence-electron chi connectivity index (χ1n) is 10.8. The number of nitrogens with zero attached hydrogens (tertiary/aromatic N) is 3. The Morgan fingerprint density at radius 2 is 2.03 bits per heavy atom. The fraction of sp³-hybridized carbons (Fsp3) is 0.440. The van der Waals surface area contributed by atoms with E-state index >= 15 is 0 Å². The number of fused-ring (bicyclic) bond motifs is 1. The molecule has 0 spiro atoms. The summed E-state index contributed by atoms with van der Waals surface area (Å²) < 4.78 is 14.6. The van der Waals surface area contributed by atoms with Crippen LogP contribution in [0.2, 0.25) is 0 Å². The number of aryl methyl sites for hydroxylation is 1. The van der Waals surface area contributed by atoms with Gasteiger partial charge in [-0.1, -0.05) is 19.9 Å². The monoisotopic (exact) mass is 404 g/mol. The summed E-state index contributed by atoms with van der Waals surface area (Å²) in [5.41, 5.74) is 5.85. The molecule has 156 valence electrons. The molecule has 0 unspecified atom stereocenters. The van der Waals surface area contributed by atoms with Gasteiger partial charge >= 0.3 is 0 Å². The third-order valence-electron chi connectivity index (χ3n) is 6.30. The summed E-state index contributed by atoms with van der Waals surface area (Å²) in [6.07, 6.45) is 4.14. The summed E-state index contributed by atoms with van der Waals surface area (Å²) in [6.45, 7) is 9.18. The molecule has 4 rings (SSSR count). The molecule has 0 atom stereocenters. The second-order valence-electron chi connectivity index (χ2n) is 8.70. The minimum absolute atomic E-state index is 0.268. The number of halogens is 1. The van der Waals surface area contributed by atoms with E-state index in [-0.39, 0.29) is 11.7 Å². The van der Waals surface area contributed by atoms with Crippen LogP contribution in [0.25, 0.3) is 22.2 Å². The number of H-pyrrole nitrogens is 1. The van der Waals surface area contributed by atoms with Gasteiger partial charge in [0.05, 0.1) is 18.0 Å². The van der Waals surface area contributed by atoms with Gasteiger partial charge in [0.15, 0.2) is 5.82 Å². The molecule has 0 radical (unpaired) electrons. The molecule has 1 aromatic carbocycles. The number of pyridine rings is 1. The van der Waals surface area contributed by atoms with Crippen LogP contribution in [0.5, 0.6) is 0 Å². The molecule has 2 aromatic heterocycles. The highest BCUT2D eigenvalue weighted by atomic mass is 19.1. The average molecular weight is 405 g/mol. The Balaban J connectivity index is 1.69. The summed E-state index contributed by atoms with van der Waals surface area (Å²) >= 11 is 0. The number of benzene rings is 1. The molecule has 0 bridgehead atoms. The third-order valence-corrected chi connectivity index (χ3v) is 6.30. The van der Waals surface area contributed by atoms with E-state index in [1.807, 2.05) is 13.0 Å². The van der Waals surface area contributed by atoms with E-state index in [0.29, 0.717) is 17.9 Å². The lowest BCUT2D eigenvalue weighted by molar-refractivity contribution is 0.216. The molecule has 30 heavy (non-hydrogen) atoms. The van der Waals surface area contributed by atoms with Gasteiger partial charge in [-0.15, -0.1) is 0 Å². The first kappa shape index (κ1) is 20.6. The van der Waals surface area contributed by atoms with Gasteiger partial charge in [0.2, 0.25) is 0 Å². The maximum atomic E-state index is 14.6. The number of nitrogens with one attached hydrogen (secondary N) is 1. The van der Waals surface area contributed by atoms with Crippen LogP contribution in [0.4, 0.5) is 4.39 Å². The van der Waals surface area contributed by atoms with Crippen LogP contribution in [-0.2, 0) is 0 Å². The Kier molecular flexibility index (Phi) is 5.87. The van der Waals surface area contributed by atoms with Crippen molar-refractivity contribution in [1.29, 1.82) is 5.26 Å². The zero-order valence-corrected chi connectivity index (χ0v) is 18.0. The van der Waals surface area contributed by atoms with Crippen LogP contribution < -0.4 is 0 Å². The van der Waals surface area contributed by atoms with Gasteiger partial charge in [-0.3, -0.25) is 4.98 Å². The van der Waals surface area contributed by atoms with Crippen molar-refractivity contribution in [3.63, 3.8) is 0 Å². The summed E-state index contributed by atoms with van der Waals surface area (Å²) in [7, 11) is 0. The lowest BCUT2D eigenvalue weighted by atomic mass is 9.87. The van der Waals surface area contributed by atoms with E-state index in [2.05, 4.69) is 53.0 Å². The molecule has 0 saturated carbocycles. The SMILES string of the molecule is Cc1cc(-c2[nH]c3ccc(C4CCN(CCC#N)CC4)cc3c2C(C)C)c(F)cn1. The number of likely N-dealkylation sites (tertiary alicyclic amines) is 1. The Morgan fingerprint density at radius 3 is 2.73 bits per heavy atom. The van der Waals surface area contributed by atoms with Crippen LogP contribution in [0.3, 0.4) is 0 Å². The molecular formula is C25H29FN4. The van der Waals surface area contributed by atoms with Crippen LogP contribution in [0.1, 0.15) is 61.8 Å². The van der Waals surface area contributed by atoms with Crippen LogP contribution in [0, 0.1) is 24.1 Å². The summed E-state index contributed by atoms with van der Waals surface area (Å²) in [4.78, 5) is 9.96. The van der Waals surface area contributed by atoms with Crippen LogP contribution in [-0.4, -0.2) is 34.5 Å². The van der Waals surface area contributed by atoms with Gasteiger partial charge in [-0.2, -0.15) is 5.26 Å². The fourth-order valence-electron chi connectivity index (χ4n) is 4.73. The predicted molar refractivity (Wildman–Crippen MR) is 119 cm³/mol. The minimum Gasteiger partial charge on any atom is -0.354 e. The maximum Gasteiger partial charge on any atom is 0.150 e. The topological polar surface area (TPSA) is 55.7 Å². The number of hydrogen-bond donors (Lipinski definition) is 1. The number of rotatable bonds is 5. The van der Waals surface area contributed by atoms with Gasteiger partial charge in [0.1, 0.15) is 0 Å². The summed E-state index contributed by atoms with van der Waals surface area (Å²) in [6, 6.07) is 10.7. The van der Waals surface area contributed by atoms with Crippen molar-refractivity contribution in [2.75, 3.05) is 19.6 Å². The van der Waals surface area contributed by atoms with Gasteiger partial charge < -0.3 is 9.88 Å². The van der Waals surface area contributed by atoms with Crippen molar-refractivity contribution < 1.29 is 4.39 Å². The van der Waals surface area contributed by atoms with E-state index in [4.69, 9.17) is 5.26 Å². The average Bonchev–Trinajstić information content (AvgIpc) is 3.13. The van der Waals surface area contributed by atoms with E-state index in [9.17, 15) is 4.39 Å². The fourth-order valence-corrected chi connectivity index (χ4v) is 4.73. The van der Waals surface area contributed by atoms with Gasteiger partial charge in [0, 0.05) is 35.1 Å². The zero-order valence-electron chi connectivity index (χ0n) is 18.0. The van der Waals surface area contributed by atoms with Gasteiger partial charge in [-0.25, -0.2) is 4.39 Å². The second kappa shape index (κ2) is 8.57. The molecule has 5 heteroatoms. The van der Waals surface area contributed by atoms with E-state index in [0.717, 1.165) is 49.4 Å². The number of nitriles is 1. The number of aromatic amines is 1. The standard InChI is InChI=1S/C25H29FN4/c1-16(2)24-21-14-19(18-7-11-30(12-8-18)10-4-9-27)5-6-23(21)29-25(24)20-13-17(3)28-15-22(20)26/h5-6,13-16,18,29H,4,7-8,10-12H2,1-3H3.